The molecule has 0 aromatic heterocycles. The lowest BCUT2D eigenvalue weighted by Gasteiger charge is -2.30. The number of likely N-dealkylation sites (tertiary alicyclic amines) is 2. The van der Waals surface area contributed by atoms with E-state index in [1.165, 1.54) is 85.0 Å². The van der Waals surface area contributed by atoms with Gasteiger partial charge in [0.2, 0.25) is 0 Å². The number of hydrogen-bond acceptors (Lipinski definition) is 0. The molecule has 0 saturated carbocycles. The van der Waals surface area contributed by atoms with Crippen LogP contribution in [0.1, 0.15) is 36.8 Å². The molecule has 2 aliphatic heterocycles. The zero-order valence-corrected chi connectivity index (χ0v) is 13.3. The van der Waals surface area contributed by atoms with Crippen LogP contribution in [-0.2, 0) is 13.1 Å². The molecule has 3 rings (SSSR count). The third-order valence-electron chi connectivity index (χ3n) is 5.44. The van der Waals surface area contributed by atoms with Gasteiger partial charge in [-0.05, 0) is 0 Å². The smallest absolute Gasteiger partial charge is 0.104 e. The molecule has 2 heteroatoms. The van der Waals surface area contributed by atoms with Crippen molar-refractivity contribution in [3.05, 3.63) is 35.4 Å². The number of hydrogen-bond donors (Lipinski definition) is 0. The van der Waals surface area contributed by atoms with Gasteiger partial charge in [0, 0.05) is 36.8 Å². The van der Waals surface area contributed by atoms with E-state index < -0.39 is 0 Å². The molecule has 2 nitrogen and oxygen atoms in total. The molecule has 0 aliphatic carbocycles. The van der Waals surface area contributed by atoms with Gasteiger partial charge in [0.1, 0.15) is 13.1 Å². The summed E-state index contributed by atoms with van der Waals surface area (Å²) in [5.41, 5.74) is 3.03. The fraction of sp³-hybridized carbons (Fsp3) is 0.667. The average Bonchev–Trinajstić information content (AvgIpc) is 3.02. The lowest BCUT2D eigenvalue weighted by atomic mass is 10.1. The largest absolute Gasteiger partial charge is 0.322 e. The molecule has 2 fully saturated rings. The normalized spacial score (nSPS) is 24.1. The Kier molecular flexibility index (Phi) is 3.87. The minimum Gasteiger partial charge on any atom is -0.322 e. The van der Waals surface area contributed by atoms with Gasteiger partial charge >= 0.3 is 0 Å². The molecule has 0 radical (unpaired) electrons. The van der Waals surface area contributed by atoms with Gasteiger partial charge in [-0.1, -0.05) is 24.3 Å². The van der Waals surface area contributed by atoms with Crippen LogP contribution in [0.15, 0.2) is 24.3 Å². The Labute approximate surface area is 124 Å². The fourth-order valence-electron chi connectivity index (χ4n) is 4.15. The maximum absolute atomic E-state index is 2.41. The minimum atomic E-state index is 1.21. The molecule has 1 aromatic rings. The van der Waals surface area contributed by atoms with Crippen LogP contribution >= 0.6 is 0 Å². The molecule has 2 saturated heterocycles. The van der Waals surface area contributed by atoms with E-state index >= 15 is 0 Å². The van der Waals surface area contributed by atoms with Gasteiger partial charge in [-0.25, -0.2) is 0 Å². The first kappa shape index (κ1) is 14.1. The summed E-state index contributed by atoms with van der Waals surface area (Å²) in [6, 6.07) is 9.50. The van der Waals surface area contributed by atoms with Crippen LogP contribution < -0.4 is 0 Å². The number of quaternary nitrogens is 2. The Morgan fingerprint density at radius 1 is 0.650 bits per heavy atom. The highest BCUT2D eigenvalue weighted by Gasteiger charge is 2.28. The molecule has 0 amide bonds. The van der Waals surface area contributed by atoms with E-state index in [9.17, 15) is 0 Å². The van der Waals surface area contributed by atoms with Crippen molar-refractivity contribution in [1.29, 1.82) is 0 Å². The third kappa shape index (κ3) is 3.24. The number of benzene rings is 1. The van der Waals surface area contributed by atoms with E-state index in [4.69, 9.17) is 0 Å². The molecule has 0 unspecified atom stereocenters. The Morgan fingerprint density at radius 2 is 0.950 bits per heavy atom. The van der Waals surface area contributed by atoms with E-state index in [1.807, 2.05) is 0 Å². The summed E-state index contributed by atoms with van der Waals surface area (Å²) >= 11 is 0. The first-order valence-corrected chi connectivity index (χ1v) is 8.32. The van der Waals surface area contributed by atoms with E-state index in [-0.39, 0.29) is 0 Å². The second-order valence-electron chi connectivity index (χ2n) is 7.68. The van der Waals surface area contributed by atoms with Gasteiger partial charge in [0.05, 0.1) is 40.3 Å². The Balaban J connectivity index is 1.62. The molecule has 0 spiro atoms. The maximum atomic E-state index is 2.41. The van der Waals surface area contributed by atoms with E-state index in [0.717, 1.165) is 0 Å². The van der Waals surface area contributed by atoms with Crippen LogP contribution in [0, 0.1) is 0 Å². The second kappa shape index (κ2) is 5.50. The Bertz CT molecular complexity index is 394. The van der Waals surface area contributed by atoms with Crippen molar-refractivity contribution in [3.8, 4) is 0 Å². The first-order chi connectivity index (χ1) is 9.57. The van der Waals surface area contributed by atoms with Crippen molar-refractivity contribution in [1.82, 2.24) is 0 Å². The molecule has 0 N–H and O–H groups in total. The molecule has 20 heavy (non-hydrogen) atoms. The molecular formula is C18H30N2+2. The zero-order valence-electron chi connectivity index (χ0n) is 13.3. The molecular weight excluding hydrogens is 244 g/mol. The summed E-state index contributed by atoms with van der Waals surface area (Å²) in [5, 5.41) is 0. The van der Waals surface area contributed by atoms with E-state index in [0.29, 0.717) is 0 Å². The standard InChI is InChI=1S/C18H30N2/c1-19(11-3-4-12-19)15-17-7-9-18(10-8-17)16-20(2)13-5-6-14-20/h7-10H,3-6,11-16H2,1-2H3/q+2. The van der Waals surface area contributed by atoms with Crippen molar-refractivity contribution in [2.24, 2.45) is 0 Å². The molecule has 0 bridgehead atoms. The number of rotatable bonds is 4. The van der Waals surface area contributed by atoms with E-state index in [2.05, 4.69) is 38.4 Å². The van der Waals surface area contributed by atoms with Crippen LogP contribution in [0.4, 0.5) is 0 Å². The Hall–Kier alpha value is -0.860. The molecule has 2 aliphatic rings. The summed E-state index contributed by atoms with van der Waals surface area (Å²) < 4.78 is 2.49. The van der Waals surface area contributed by atoms with Crippen molar-refractivity contribution in [2.45, 2.75) is 38.8 Å². The highest BCUT2D eigenvalue weighted by atomic mass is 15.3. The maximum Gasteiger partial charge on any atom is 0.104 e. The van der Waals surface area contributed by atoms with Crippen LogP contribution in [0.2, 0.25) is 0 Å². The van der Waals surface area contributed by atoms with Crippen molar-refractivity contribution in [3.63, 3.8) is 0 Å². The van der Waals surface area contributed by atoms with Crippen LogP contribution in [0.3, 0.4) is 0 Å². The van der Waals surface area contributed by atoms with Crippen molar-refractivity contribution in [2.75, 3.05) is 40.3 Å². The summed E-state index contributed by atoms with van der Waals surface area (Å²) in [4.78, 5) is 0. The van der Waals surface area contributed by atoms with Gasteiger partial charge in [0.25, 0.3) is 0 Å². The van der Waals surface area contributed by atoms with Gasteiger partial charge in [-0.3, -0.25) is 0 Å². The van der Waals surface area contributed by atoms with Gasteiger partial charge < -0.3 is 8.97 Å². The minimum absolute atomic E-state index is 1.21. The zero-order chi connectivity index (χ0) is 14.1. The van der Waals surface area contributed by atoms with Crippen molar-refractivity contribution >= 4 is 0 Å². The average molecular weight is 274 g/mol. The predicted molar refractivity (Wildman–Crippen MR) is 84.2 cm³/mol. The lowest BCUT2D eigenvalue weighted by molar-refractivity contribution is -0.911. The van der Waals surface area contributed by atoms with E-state index in [1.54, 1.807) is 0 Å². The second-order valence-corrected chi connectivity index (χ2v) is 7.68. The molecule has 2 heterocycles. The monoisotopic (exact) mass is 274 g/mol. The summed E-state index contributed by atoms with van der Waals surface area (Å²) in [6.07, 6.45) is 5.63. The third-order valence-corrected chi connectivity index (χ3v) is 5.44. The summed E-state index contributed by atoms with van der Waals surface area (Å²) in [6.45, 7) is 7.86. The van der Waals surface area contributed by atoms with Gasteiger partial charge in [-0.2, -0.15) is 0 Å². The van der Waals surface area contributed by atoms with Crippen molar-refractivity contribution < 1.29 is 8.97 Å². The SMILES string of the molecule is C[N+]1(Cc2ccc(C[N+]3(C)CCCC3)cc2)CCCC1. The quantitative estimate of drug-likeness (QED) is 0.740. The van der Waals surface area contributed by atoms with Gasteiger partial charge in [-0.15, -0.1) is 0 Å². The lowest BCUT2D eigenvalue weighted by Crippen LogP contribution is -2.40. The molecule has 1 aromatic carbocycles. The highest BCUT2D eigenvalue weighted by molar-refractivity contribution is 5.21. The molecule has 110 valence electrons. The van der Waals surface area contributed by atoms with Crippen LogP contribution in [0.25, 0.3) is 0 Å². The fourth-order valence-corrected chi connectivity index (χ4v) is 4.15. The predicted octanol–water partition coefficient (Wildman–Crippen LogP) is 3.17. The highest BCUT2D eigenvalue weighted by Crippen LogP contribution is 2.23. The Morgan fingerprint density at radius 3 is 1.25 bits per heavy atom. The molecule has 0 atom stereocenters. The summed E-state index contributed by atoms with van der Waals surface area (Å²) in [5.74, 6) is 0. The van der Waals surface area contributed by atoms with Crippen LogP contribution in [0.5, 0.6) is 0 Å². The topological polar surface area (TPSA) is 0 Å². The van der Waals surface area contributed by atoms with Gasteiger partial charge in [0.15, 0.2) is 0 Å². The first-order valence-electron chi connectivity index (χ1n) is 8.32. The van der Waals surface area contributed by atoms with Crippen LogP contribution in [-0.4, -0.2) is 49.2 Å². The summed E-state index contributed by atoms with van der Waals surface area (Å²) in [7, 11) is 4.83. The number of nitrogens with zero attached hydrogens (tertiary/aromatic N) is 2.